The molecule has 0 aliphatic carbocycles. The van der Waals surface area contributed by atoms with Crippen LogP contribution in [0.3, 0.4) is 0 Å². The summed E-state index contributed by atoms with van der Waals surface area (Å²) < 4.78 is 0. The number of halogens is 1. The number of benzene rings is 2. The van der Waals surface area contributed by atoms with Gasteiger partial charge < -0.3 is 4.90 Å². The van der Waals surface area contributed by atoms with Crippen molar-refractivity contribution in [2.24, 2.45) is 0 Å². The third-order valence-corrected chi connectivity index (χ3v) is 5.21. The number of fused-ring (bicyclic) bond motifs is 2. The van der Waals surface area contributed by atoms with Gasteiger partial charge in [0.1, 0.15) is 0 Å². The summed E-state index contributed by atoms with van der Waals surface area (Å²) >= 11 is 6.53. The first-order valence-corrected chi connectivity index (χ1v) is 8.90. The molecular formula is C19H16ClN3O3. The number of hydrogen-bond donors (Lipinski definition) is 0. The molecule has 1 aliphatic heterocycles. The van der Waals surface area contributed by atoms with Gasteiger partial charge in [0.2, 0.25) is 0 Å². The summed E-state index contributed by atoms with van der Waals surface area (Å²) in [5.41, 5.74) is 1.33. The number of carbonyl (C=O) groups is 1. The molecule has 0 N–H and O–H groups in total. The van der Waals surface area contributed by atoms with Gasteiger partial charge in [-0.3, -0.25) is 14.9 Å². The van der Waals surface area contributed by atoms with Crippen LogP contribution >= 0.6 is 11.6 Å². The van der Waals surface area contributed by atoms with Crippen LogP contribution in [0.25, 0.3) is 21.8 Å². The highest BCUT2D eigenvalue weighted by molar-refractivity contribution is 6.40. The molecular weight excluding hydrogens is 354 g/mol. The Labute approximate surface area is 154 Å². The molecule has 2 aromatic carbocycles. The summed E-state index contributed by atoms with van der Waals surface area (Å²) in [6.07, 6.45) is 3.14. The zero-order valence-corrected chi connectivity index (χ0v) is 14.7. The van der Waals surface area contributed by atoms with Crippen LogP contribution in [0.4, 0.5) is 5.69 Å². The van der Waals surface area contributed by atoms with Crippen molar-refractivity contribution in [3.05, 3.63) is 57.1 Å². The van der Waals surface area contributed by atoms with Crippen LogP contribution < -0.4 is 0 Å². The zero-order valence-electron chi connectivity index (χ0n) is 13.9. The molecule has 0 unspecified atom stereocenters. The summed E-state index contributed by atoms with van der Waals surface area (Å²) in [5.74, 6) is -0.0661. The Balaban J connectivity index is 1.92. The Hall–Kier alpha value is -2.73. The molecule has 7 heteroatoms. The van der Waals surface area contributed by atoms with E-state index in [0.717, 1.165) is 32.4 Å². The maximum Gasteiger partial charge on any atom is 0.271 e. The SMILES string of the molecule is O=C(c1cccc2c(Cl)c3ccc([N+](=O)[O-])cc3nc12)N1CCCCC1. The Morgan fingerprint density at radius 3 is 2.62 bits per heavy atom. The van der Waals surface area contributed by atoms with E-state index in [1.807, 2.05) is 11.0 Å². The lowest BCUT2D eigenvalue weighted by Crippen LogP contribution is -2.35. The van der Waals surface area contributed by atoms with Crippen LogP contribution in [-0.2, 0) is 0 Å². The standard InChI is InChI=1S/C19H16ClN3O3/c20-17-13-8-7-12(23(25)26)11-16(13)21-18-14(17)5-4-6-15(18)19(24)22-9-2-1-3-10-22/h4-8,11H,1-3,9-10H2. The third-order valence-electron chi connectivity index (χ3n) is 4.81. The highest BCUT2D eigenvalue weighted by Gasteiger charge is 2.22. The number of likely N-dealkylation sites (tertiary alicyclic amines) is 1. The largest absolute Gasteiger partial charge is 0.339 e. The van der Waals surface area contributed by atoms with E-state index in [0.29, 0.717) is 32.4 Å². The van der Waals surface area contributed by atoms with Crippen LogP contribution in [0.15, 0.2) is 36.4 Å². The van der Waals surface area contributed by atoms with Gasteiger partial charge in [-0.05, 0) is 31.4 Å². The fraction of sp³-hybridized carbons (Fsp3) is 0.263. The van der Waals surface area contributed by atoms with Gasteiger partial charge in [-0.2, -0.15) is 0 Å². The van der Waals surface area contributed by atoms with Crippen molar-refractivity contribution in [2.45, 2.75) is 19.3 Å². The van der Waals surface area contributed by atoms with E-state index in [-0.39, 0.29) is 11.6 Å². The second-order valence-electron chi connectivity index (χ2n) is 6.44. The Morgan fingerprint density at radius 2 is 1.88 bits per heavy atom. The molecule has 0 spiro atoms. The van der Waals surface area contributed by atoms with Crippen LogP contribution in [0.2, 0.25) is 5.02 Å². The summed E-state index contributed by atoms with van der Waals surface area (Å²) in [4.78, 5) is 30.0. The van der Waals surface area contributed by atoms with Crippen molar-refractivity contribution in [1.82, 2.24) is 9.88 Å². The molecule has 1 saturated heterocycles. The minimum absolute atomic E-state index is 0.0553. The molecule has 0 atom stereocenters. The van der Waals surface area contributed by atoms with E-state index in [1.54, 1.807) is 18.2 Å². The number of carbonyl (C=O) groups excluding carboxylic acids is 1. The highest BCUT2D eigenvalue weighted by Crippen LogP contribution is 2.34. The smallest absolute Gasteiger partial charge is 0.271 e. The minimum atomic E-state index is -0.468. The lowest BCUT2D eigenvalue weighted by Gasteiger charge is -2.27. The molecule has 0 radical (unpaired) electrons. The highest BCUT2D eigenvalue weighted by atomic mass is 35.5. The number of non-ortho nitro benzene ring substituents is 1. The van der Waals surface area contributed by atoms with E-state index in [2.05, 4.69) is 4.98 Å². The number of hydrogen-bond acceptors (Lipinski definition) is 4. The van der Waals surface area contributed by atoms with Crippen molar-refractivity contribution < 1.29 is 9.72 Å². The Kier molecular flexibility index (Phi) is 4.20. The lowest BCUT2D eigenvalue weighted by molar-refractivity contribution is -0.384. The van der Waals surface area contributed by atoms with Crippen LogP contribution in [0.1, 0.15) is 29.6 Å². The summed E-state index contributed by atoms with van der Waals surface area (Å²) in [6.45, 7) is 1.48. The minimum Gasteiger partial charge on any atom is -0.339 e. The maximum absolute atomic E-state index is 13.0. The molecule has 0 bridgehead atoms. The molecule has 1 aliphatic rings. The van der Waals surface area contributed by atoms with Crippen molar-refractivity contribution >= 4 is 45.0 Å². The van der Waals surface area contributed by atoms with E-state index in [1.165, 1.54) is 12.1 Å². The number of para-hydroxylation sites is 1. The number of pyridine rings is 1. The van der Waals surface area contributed by atoms with E-state index >= 15 is 0 Å². The quantitative estimate of drug-likeness (QED) is 0.376. The van der Waals surface area contributed by atoms with Crippen molar-refractivity contribution in [3.63, 3.8) is 0 Å². The third kappa shape index (κ3) is 2.76. The van der Waals surface area contributed by atoms with E-state index < -0.39 is 4.92 Å². The maximum atomic E-state index is 13.0. The van der Waals surface area contributed by atoms with Crippen molar-refractivity contribution in [2.75, 3.05) is 13.1 Å². The normalized spacial score (nSPS) is 14.7. The number of aromatic nitrogens is 1. The molecule has 0 saturated carbocycles. The van der Waals surface area contributed by atoms with Crippen molar-refractivity contribution in [1.29, 1.82) is 0 Å². The van der Waals surface area contributed by atoms with Crippen LogP contribution in [0.5, 0.6) is 0 Å². The summed E-state index contributed by atoms with van der Waals surface area (Å²) in [7, 11) is 0. The van der Waals surface area contributed by atoms with Gasteiger partial charge in [0.05, 0.1) is 26.5 Å². The molecule has 6 nitrogen and oxygen atoms in total. The Bertz CT molecular complexity index is 1050. The van der Waals surface area contributed by atoms with Crippen molar-refractivity contribution in [3.8, 4) is 0 Å². The fourth-order valence-corrected chi connectivity index (χ4v) is 3.77. The molecule has 4 rings (SSSR count). The number of nitro benzene ring substituents is 1. The average molecular weight is 370 g/mol. The molecule has 3 aromatic rings. The average Bonchev–Trinajstić information content (AvgIpc) is 2.67. The predicted molar refractivity (Wildman–Crippen MR) is 101 cm³/mol. The van der Waals surface area contributed by atoms with Gasteiger partial charge in [0.25, 0.3) is 11.6 Å². The van der Waals surface area contributed by atoms with Gasteiger partial charge in [-0.25, -0.2) is 4.98 Å². The van der Waals surface area contributed by atoms with Crippen LogP contribution in [0, 0.1) is 10.1 Å². The van der Waals surface area contributed by atoms with Gasteiger partial charge in [-0.1, -0.05) is 23.7 Å². The molecule has 2 heterocycles. The van der Waals surface area contributed by atoms with Crippen LogP contribution in [-0.4, -0.2) is 33.8 Å². The first-order valence-electron chi connectivity index (χ1n) is 8.52. The van der Waals surface area contributed by atoms with Gasteiger partial charge >= 0.3 is 0 Å². The lowest BCUT2D eigenvalue weighted by atomic mass is 10.0. The first kappa shape index (κ1) is 16.7. The molecule has 26 heavy (non-hydrogen) atoms. The summed E-state index contributed by atoms with van der Waals surface area (Å²) in [5, 5.41) is 12.8. The molecule has 1 aromatic heterocycles. The number of amides is 1. The van der Waals surface area contributed by atoms with Gasteiger partial charge in [0, 0.05) is 36.0 Å². The fourth-order valence-electron chi connectivity index (χ4n) is 3.46. The van der Waals surface area contributed by atoms with E-state index in [9.17, 15) is 14.9 Å². The molecule has 1 amide bonds. The van der Waals surface area contributed by atoms with Gasteiger partial charge in [0.15, 0.2) is 0 Å². The zero-order chi connectivity index (χ0) is 18.3. The number of nitrogens with zero attached hydrogens (tertiary/aromatic N) is 3. The van der Waals surface area contributed by atoms with Gasteiger partial charge in [-0.15, -0.1) is 0 Å². The number of rotatable bonds is 2. The molecule has 1 fully saturated rings. The monoisotopic (exact) mass is 369 g/mol. The number of piperidine rings is 1. The predicted octanol–water partition coefficient (Wildman–Crippen LogP) is 4.58. The first-order chi connectivity index (χ1) is 12.6. The van der Waals surface area contributed by atoms with E-state index in [4.69, 9.17) is 11.6 Å². The molecule has 132 valence electrons. The summed E-state index contributed by atoms with van der Waals surface area (Å²) in [6, 6.07) is 9.75. The second-order valence-corrected chi connectivity index (χ2v) is 6.82. The number of nitro groups is 1. The topological polar surface area (TPSA) is 76.3 Å². The second kappa shape index (κ2) is 6.53. The Morgan fingerprint density at radius 1 is 1.12 bits per heavy atom.